The molecule has 0 unspecified atom stereocenters. The molecule has 0 bridgehead atoms. The molecule has 0 saturated carbocycles. The Morgan fingerprint density at radius 3 is 1.60 bits per heavy atom. The number of anilines is 3. The highest BCUT2D eigenvalue weighted by Crippen LogP contribution is 2.58. The molecular formula is C53H35NO. The van der Waals surface area contributed by atoms with Crippen molar-refractivity contribution in [1.29, 1.82) is 0 Å². The minimum absolute atomic E-state index is 0.579. The van der Waals surface area contributed by atoms with Crippen molar-refractivity contribution in [3.63, 3.8) is 0 Å². The molecular weight excluding hydrogens is 667 g/mol. The summed E-state index contributed by atoms with van der Waals surface area (Å²) in [6.45, 7) is 0. The second kappa shape index (κ2) is 12.5. The Balaban J connectivity index is 1.20. The maximum atomic E-state index is 7.39. The number of furan rings is 1. The minimum Gasteiger partial charge on any atom is -0.453 e. The van der Waals surface area contributed by atoms with Gasteiger partial charge in [-0.25, -0.2) is 0 Å². The fraction of sp³-hybridized carbons (Fsp3) is 0.0189. The molecule has 0 saturated heterocycles. The first kappa shape index (κ1) is 31.4. The number of nitrogens with zero attached hydrogens (tertiary/aromatic N) is 1. The molecule has 0 fully saturated rings. The monoisotopic (exact) mass is 701 g/mol. The lowest BCUT2D eigenvalue weighted by molar-refractivity contribution is 0.648. The Morgan fingerprint density at radius 1 is 0.345 bits per heavy atom. The Morgan fingerprint density at radius 2 is 0.855 bits per heavy atom. The van der Waals surface area contributed by atoms with Crippen LogP contribution in [0.4, 0.5) is 17.1 Å². The Labute approximate surface area is 320 Å². The number of hydrogen-bond donors (Lipinski definition) is 0. The summed E-state index contributed by atoms with van der Waals surface area (Å²) in [7, 11) is 0. The van der Waals surface area contributed by atoms with Gasteiger partial charge in [0.2, 0.25) is 0 Å². The molecule has 1 aliphatic carbocycles. The molecule has 1 heterocycles. The van der Waals surface area contributed by atoms with Crippen LogP contribution in [0.1, 0.15) is 22.3 Å². The highest BCUT2D eigenvalue weighted by molar-refractivity contribution is 6.13. The largest absolute Gasteiger partial charge is 0.453 e. The summed E-state index contributed by atoms with van der Waals surface area (Å²) < 4.78 is 7.39. The van der Waals surface area contributed by atoms with Gasteiger partial charge < -0.3 is 9.32 Å². The van der Waals surface area contributed by atoms with E-state index < -0.39 is 5.41 Å². The van der Waals surface area contributed by atoms with Gasteiger partial charge in [0.1, 0.15) is 5.58 Å². The van der Waals surface area contributed by atoms with Crippen molar-refractivity contribution >= 4 is 49.8 Å². The topological polar surface area (TPSA) is 16.4 Å². The van der Waals surface area contributed by atoms with Gasteiger partial charge in [-0.15, -0.1) is 0 Å². The first-order valence-electron chi connectivity index (χ1n) is 18.9. The van der Waals surface area contributed by atoms with Gasteiger partial charge in [-0.3, -0.25) is 0 Å². The van der Waals surface area contributed by atoms with Gasteiger partial charge in [0, 0.05) is 27.4 Å². The van der Waals surface area contributed by atoms with Crippen LogP contribution < -0.4 is 4.90 Å². The average Bonchev–Trinajstić information content (AvgIpc) is 3.80. The summed E-state index contributed by atoms with van der Waals surface area (Å²) in [4.78, 5) is 2.37. The van der Waals surface area contributed by atoms with Crippen molar-refractivity contribution in [2.24, 2.45) is 0 Å². The maximum absolute atomic E-state index is 7.39. The fourth-order valence-corrected chi connectivity index (χ4v) is 9.20. The van der Waals surface area contributed by atoms with E-state index in [0.717, 1.165) is 44.6 Å². The molecule has 0 spiro atoms. The number of para-hydroxylation sites is 2. The Hall–Kier alpha value is -7.16. The van der Waals surface area contributed by atoms with Crippen molar-refractivity contribution in [2.45, 2.75) is 5.41 Å². The van der Waals surface area contributed by atoms with E-state index in [-0.39, 0.29) is 0 Å². The van der Waals surface area contributed by atoms with Crippen LogP contribution in [0.5, 0.6) is 0 Å². The Kier molecular flexibility index (Phi) is 7.11. The molecule has 2 heteroatoms. The van der Waals surface area contributed by atoms with E-state index in [1.165, 1.54) is 49.7 Å². The predicted molar refractivity (Wildman–Crippen MR) is 229 cm³/mol. The summed E-state index contributed by atoms with van der Waals surface area (Å²) in [5.74, 6) is 0. The first-order chi connectivity index (χ1) is 27.3. The molecule has 11 rings (SSSR count). The molecule has 2 nitrogen and oxygen atoms in total. The number of benzene rings is 9. The van der Waals surface area contributed by atoms with Gasteiger partial charge in [-0.1, -0.05) is 188 Å². The quantitative estimate of drug-likeness (QED) is 0.172. The van der Waals surface area contributed by atoms with Gasteiger partial charge in [0.25, 0.3) is 0 Å². The van der Waals surface area contributed by atoms with Crippen molar-refractivity contribution in [2.75, 3.05) is 4.90 Å². The third-order valence-corrected chi connectivity index (χ3v) is 11.5. The van der Waals surface area contributed by atoms with Crippen molar-refractivity contribution in [3.05, 3.63) is 235 Å². The number of rotatable bonds is 6. The van der Waals surface area contributed by atoms with Gasteiger partial charge in [-0.05, 0) is 68.6 Å². The zero-order valence-electron chi connectivity index (χ0n) is 30.1. The van der Waals surface area contributed by atoms with Crippen molar-refractivity contribution < 1.29 is 4.42 Å². The average molecular weight is 702 g/mol. The number of fused-ring (bicyclic) bond motifs is 7. The molecule has 0 amide bonds. The second-order valence-corrected chi connectivity index (χ2v) is 14.4. The lowest BCUT2D eigenvalue weighted by Gasteiger charge is -2.33. The van der Waals surface area contributed by atoms with Gasteiger partial charge >= 0.3 is 0 Å². The third-order valence-electron chi connectivity index (χ3n) is 11.5. The van der Waals surface area contributed by atoms with Gasteiger partial charge in [0.05, 0.1) is 16.8 Å². The molecule has 10 aromatic rings. The van der Waals surface area contributed by atoms with Crippen LogP contribution >= 0.6 is 0 Å². The van der Waals surface area contributed by atoms with Gasteiger partial charge in [-0.2, -0.15) is 0 Å². The van der Waals surface area contributed by atoms with E-state index in [2.05, 4.69) is 217 Å². The highest BCUT2D eigenvalue weighted by Gasteiger charge is 2.47. The molecule has 0 atom stereocenters. The fourth-order valence-electron chi connectivity index (χ4n) is 9.20. The van der Waals surface area contributed by atoms with Gasteiger partial charge in [0.15, 0.2) is 5.58 Å². The third kappa shape index (κ3) is 4.68. The Bertz CT molecular complexity index is 2980. The lowest BCUT2D eigenvalue weighted by Crippen LogP contribution is -2.28. The van der Waals surface area contributed by atoms with Crippen LogP contribution in [0, 0.1) is 0 Å². The van der Waals surface area contributed by atoms with E-state index >= 15 is 0 Å². The zero-order valence-corrected chi connectivity index (χ0v) is 30.1. The molecule has 0 aliphatic heterocycles. The van der Waals surface area contributed by atoms with E-state index in [9.17, 15) is 0 Å². The summed E-state index contributed by atoms with van der Waals surface area (Å²) in [5, 5.41) is 4.55. The standard InChI is InChI=1S/C53H35NO/c1-3-16-36(17-4-1)37-32-34-40(35-33-37)54(49-30-13-19-38-18-7-8-22-41(38)49)50-31-15-26-45-44-25-14-29-48(51(44)55-52(45)50)53(39-20-5-2-6-21-39)46-27-11-9-23-42(46)43-24-10-12-28-47(43)53/h1-35H. The molecule has 1 aromatic heterocycles. The summed E-state index contributed by atoms with van der Waals surface area (Å²) in [5.41, 5.74) is 14.1. The van der Waals surface area contributed by atoms with Crippen LogP contribution in [0.15, 0.2) is 217 Å². The molecule has 55 heavy (non-hydrogen) atoms. The van der Waals surface area contributed by atoms with Crippen LogP contribution in [0.3, 0.4) is 0 Å². The number of hydrogen-bond acceptors (Lipinski definition) is 2. The van der Waals surface area contributed by atoms with Crippen LogP contribution in [-0.4, -0.2) is 0 Å². The van der Waals surface area contributed by atoms with Crippen LogP contribution in [-0.2, 0) is 5.41 Å². The van der Waals surface area contributed by atoms with Crippen LogP contribution in [0.2, 0.25) is 0 Å². The first-order valence-corrected chi connectivity index (χ1v) is 18.9. The molecule has 1 aliphatic rings. The SMILES string of the molecule is c1ccc(-c2ccc(N(c3cccc4ccccc34)c3cccc4c3oc3c(C5(c6ccccc6)c6ccccc6-c6ccccc65)cccc34)cc2)cc1. The van der Waals surface area contributed by atoms with E-state index in [1.807, 2.05) is 0 Å². The smallest absolute Gasteiger partial charge is 0.159 e. The van der Waals surface area contributed by atoms with Crippen LogP contribution in [0.25, 0.3) is 55.0 Å². The second-order valence-electron chi connectivity index (χ2n) is 14.4. The van der Waals surface area contributed by atoms with E-state index in [4.69, 9.17) is 4.42 Å². The molecule has 0 N–H and O–H groups in total. The van der Waals surface area contributed by atoms with E-state index in [0.29, 0.717) is 0 Å². The lowest BCUT2D eigenvalue weighted by atomic mass is 9.67. The molecule has 0 radical (unpaired) electrons. The molecule has 9 aromatic carbocycles. The predicted octanol–water partition coefficient (Wildman–Crippen LogP) is 14.2. The maximum Gasteiger partial charge on any atom is 0.159 e. The summed E-state index contributed by atoms with van der Waals surface area (Å²) in [6.07, 6.45) is 0. The summed E-state index contributed by atoms with van der Waals surface area (Å²) in [6, 6.07) is 76.7. The minimum atomic E-state index is -0.579. The zero-order chi connectivity index (χ0) is 36.3. The van der Waals surface area contributed by atoms with Crippen molar-refractivity contribution in [3.8, 4) is 22.3 Å². The summed E-state index contributed by atoms with van der Waals surface area (Å²) >= 11 is 0. The molecule has 258 valence electrons. The van der Waals surface area contributed by atoms with E-state index in [1.54, 1.807) is 0 Å². The normalized spacial score (nSPS) is 12.9. The highest BCUT2D eigenvalue weighted by atomic mass is 16.3. The van der Waals surface area contributed by atoms with Crippen molar-refractivity contribution in [1.82, 2.24) is 0 Å².